The van der Waals surface area contributed by atoms with Crippen LogP contribution in [0.1, 0.15) is 40.9 Å². The summed E-state index contributed by atoms with van der Waals surface area (Å²) in [7, 11) is 2.08. The van der Waals surface area contributed by atoms with Gasteiger partial charge >= 0.3 is 12.1 Å². The van der Waals surface area contributed by atoms with Gasteiger partial charge in [0.05, 0.1) is 37.3 Å². The Labute approximate surface area is 248 Å². The first-order chi connectivity index (χ1) is 20.3. The number of fused-ring (bicyclic) bond motifs is 2. The molecule has 218 valence electrons. The number of likely N-dealkylation sites (tertiary alicyclic amines) is 1. The fourth-order valence-corrected chi connectivity index (χ4v) is 6.55. The Hall–Kier alpha value is -4.14. The second-order valence-corrected chi connectivity index (χ2v) is 11.5. The molecule has 2 atom stereocenters. The highest BCUT2D eigenvalue weighted by molar-refractivity contribution is 6.36. The number of aromatic nitrogens is 2. The molecule has 1 aromatic heterocycles. The Morgan fingerprint density at radius 2 is 1.93 bits per heavy atom. The molecule has 0 spiro atoms. The molecule has 11 nitrogen and oxygen atoms in total. The van der Waals surface area contributed by atoms with Crippen molar-refractivity contribution in [2.24, 2.45) is 0 Å². The molecule has 3 aliphatic heterocycles. The number of nitrogens with zero attached hydrogens (tertiary/aromatic N) is 7. The molecule has 3 aliphatic rings. The number of rotatable bonds is 6. The summed E-state index contributed by atoms with van der Waals surface area (Å²) in [5, 5.41) is 21.2. The molecule has 12 heteroatoms. The lowest BCUT2D eigenvalue weighted by atomic mass is 10.0. The van der Waals surface area contributed by atoms with Gasteiger partial charge in [0.2, 0.25) is 0 Å². The average Bonchev–Trinajstić information content (AvgIpc) is 3.61. The molecule has 6 rings (SSSR count). The third-order valence-corrected chi connectivity index (χ3v) is 8.86. The van der Waals surface area contributed by atoms with Crippen molar-refractivity contribution in [2.45, 2.75) is 44.4 Å². The van der Waals surface area contributed by atoms with Gasteiger partial charge in [0.1, 0.15) is 12.4 Å². The summed E-state index contributed by atoms with van der Waals surface area (Å²) >= 11 is 6.53. The molecule has 4 heterocycles. The number of carbonyl (C=O) groups excluding carboxylic acids is 1. The number of carbonyl (C=O) groups is 2. The van der Waals surface area contributed by atoms with Gasteiger partial charge in [-0.25, -0.2) is 4.79 Å². The van der Waals surface area contributed by atoms with E-state index in [0.717, 1.165) is 30.3 Å². The Morgan fingerprint density at radius 3 is 2.67 bits per heavy atom. The SMILES string of the molecule is CN1CCC[C@H]1COc1nc2c(c(N3CCN(C(=O)O)C(CC#N)C3)n1)CN(C(=O)c1cccc3cccc(Cl)c13)C2. The van der Waals surface area contributed by atoms with Crippen molar-refractivity contribution < 1.29 is 19.4 Å². The van der Waals surface area contributed by atoms with Gasteiger partial charge in [0.15, 0.2) is 0 Å². The van der Waals surface area contributed by atoms with E-state index in [2.05, 4.69) is 18.0 Å². The predicted molar refractivity (Wildman–Crippen MR) is 157 cm³/mol. The van der Waals surface area contributed by atoms with E-state index in [9.17, 15) is 20.0 Å². The number of nitriles is 1. The average molecular weight is 590 g/mol. The number of hydrogen-bond donors (Lipinski definition) is 1. The summed E-state index contributed by atoms with van der Waals surface area (Å²) in [5.74, 6) is 0.458. The van der Waals surface area contributed by atoms with Crippen LogP contribution >= 0.6 is 11.6 Å². The summed E-state index contributed by atoms with van der Waals surface area (Å²) in [6, 6.07) is 13.3. The van der Waals surface area contributed by atoms with Gasteiger partial charge in [-0.05, 0) is 44.0 Å². The highest BCUT2D eigenvalue weighted by atomic mass is 35.5. The number of anilines is 1. The molecule has 42 heavy (non-hydrogen) atoms. The normalized spacial score (nSPS) is 20.5. The summed E-state index contributed by atoms with van der Waals surface area (Å²) in [4.78, 5) is 42.6. The predicted octanol–water partition coefficient (Wildman–Crippen LogP) is 3.99. The van der Waals surface area contributed by atoms with Gasteiger partial charge in [-0.1, -0.05) is 35.9 Å². The maximum atomic E-state index is 13.9. The number of halogens is 1. The third-order valence-electron chi connectivity index (χ3n) is 8.54. The zero-order valence-corrected chi connectivity index (χ0v) is 24.1. The minimum absolute atomic E-state index is 0.0693. The molecule has 2 aromatic carbocycles. The van der Waals surface area contributed by atoms with Gasteiger partial charge < -0.3 is 29.4 Å². The maximum Gasteiger partial charge on any atom is 0.407 e. The van der Waals surface area contributed by atoms with E-state index in [4.69, 9.17) is 26.3 Å². The van der Waals surface area contributed by atoms with Crippen molar-refractivity contribution in [3.63, 3.8) is 0 Å². The van der Waals surface area contributed by atoms with Crippen LogP contribution in [0.2, 0.25) is 5.02 Å². The van der Waals surface area contributed by atoms with Crippen molar-refractivity contribution in [3.05, 3.63) is 58.2 Å². The van der Waals surface area contributed by atoms with Crippen molar-refractivity contribution >= 4 is 40.2 Å². The number of ether oxygens (including phenoxy) is 1. The number of benzene rings is 2. The van der Waals surface area contributed by atoms with E-state index in [1.54, 1.807) is 17.0 Å². The third kappa shape index (κ3) is 5.28. The molecule has 1 N–H and O–H groups in total. The number of piperazine rings is 1. The standard InChI is InChI=1S/C30H32ClN7O4/c1-35-12-4-7-21(35)18-42-29-33-25-17-37(28(39)22-8-2-5-19-6-3-9-24(31)26(19)22)16-23(25)27(34-29)36-13-14-38(30(40)41)20(15-36)10-11-32/h2-3,5-6,8-9,20-21H,4,7,10,12-18H2,1H3,(H,40,41)/t20?,21-/m0/s1. The molecule has 2 amide bonds. The summed E-state index contributed by atoms with van der Waals surface area (Å²) in [6.07, 6.45) is 1.18. The summed E-state index contributed by atoms with van der Waals surface area (Å²) in [6.45, 7) is 2.99. The lowest BCUT2D eigenvalue weighted by Crippen LogP contribution is -2.55. The van der Waals surface area contributed by atoms with Gasteiger partial charge in [-0.3, -0.25) is 4.79 Å². The van der Waals surface area contributed by atoms with Gasteiger partial charge in [0, 0.05) is 47.2 Å². The van der Waals surface area contributed by atoms with Crippen LogP contribution in [0.5, 0.6) is 6.01 Å². The molecular weight excluding hydrogens is 558 g/mol. The van der Waals surface area contributed by atoms with Crippen LogP contribution < -0.4 is 9.64 Å². The summed E-state index contributed by atoms with van der Waals surface area (Å²) < 4.78 is 6.14. The number of carboxylic acid groups (broad SMARTS) is 1. The lowest BCUT2D eigenvalue weighted by molar-refractivity contribution is 0.0752. The zero-order chi connectivity index (χ0) is 29.4. The molecule has 0 aliphatic carbocycles. The minimum atomic E-state index is -1.04. The highest BCUT2D eigenvalue weighted by Gasteiger charge is 2.36. The molecule has 0 bridgehead atoms. The van der Waals surface area contributed by atoms with Crippen LogP contribution in [-0.4, -0.2) is 93.7 Å². The van der Waals surface area contributed by atoms with E-state index in [1.807, 2.05) is 29.2 Å². The summed E-state index contributed by atoms with van der Waals surface area (Å²) in [5.41, 5.74) is 2.02. The molecule has 0 radical (unpaired) electrons. The second kappa shape index (κ2) is 11.6. The lowest BCUT2D eigenvalue weighted by Gasteiger charge is -2.40. The Kier molecular flexibility index (Phi) is 7.75. The van der Waals surface area contributed by atoms with Gasteiger partial charge in [-0.2, -0.15) is 15.2 Å². The largest absolute Gasteiger partial charge is 0.465 e. The van der Waals surface area contributed by atoms with Crippen molar-refractivity contribution in [1.82, 2.24) is 24.7 Å². The quantitative estimate of drug-likeness (QED) is 0.454. The van der Waals surface area contributed by atoms with Gasteiger partial charge in [0.25, 0.3) is 5.91 Å². The Balaban J connectivity index is 1.32. The minimum Gasteiger partial charge on any atom is -0.465 e. The molecule has 2 saturated heterocycles. The number of likely N-dealkylation sites (N-methyl/N-ethyl adjacent to an activating group) is 1. The zero-order valence-electron chi connectivity index (χ0n) is 23.4. The van der Waals surface area contributed by atoms with E-state index >= 15 is 0 Å². The molecule has 0 saturated carbocycles. The van der Waals surface area contributed by atoms with Crippen LogP contribution in [0.3, 0.4) is 0 Å². The van der Waals surface area contributed by atoms with Crippen LogP contribution in [0, 0.1) is 11.3 Å². The van der Waals surface area contributed by atoms with Crippen molar-refractivity contribution in [2.75, 3.05) is 44.7 Å². The molecule has 2 fully saturated rings. The van der Waals surface area contributed by atoms with Gasteiger partial charge in [-0.15, -0.1) is 0 Å². The molecular formula is C30H32ClN7O4. The molecule has 1 unspecified atom stereocenters. The van der Waals surface area contributed by atoms with Crippen LogP contribution in [0.4, 0.5) is 10.6 Å². The Bertz CT molecular complexity index is 1570. The smallest absolute Gasteiger partial charge is 0.407 e. The monoisotopic (exact) mass is 589 g/mol. The van der Waals surface area contributed by atoms with Crippen LogP contribution in [0.25, 0.3) is 10.8 Å². The van der Waals surface area contributed by atoms with E-state index in [0.29, 0.717) is 47.2 Å². The van der Waals surface area contributed by atoms with E-state index in [-0.39, 0.29) is 44.0 Å². The first-order valence-corrected chi connectivity index (χ1v) is 14.5. The van der Waals surface area contributed by atoms with Crippen LogP contribution in [-0.2, 0) is 13.1 Å². The first kappa shape index (κ1) is 28.0. The van der Waals surface area contributed by atoms with Crippen LogP contribution in [0.15, 0.2) is 36.4 Å². The Morgan fingerprint density at radius 1 is 1.12 bits per heavy atom. The molecule has 3 aromatic rings. The maximum absolute atomic E-state index is 13.9. The van der Waals surface area contributed by atoms with E-state index in [1.165, 1.54) is 4.90 Å². The first-order valence-electron chi connectivity index (χ1n) is 14.1. The van der Waals surface area contributed by atoms with E-state index < -0.39 is 12.1 Å². The van der Waals surface area contributed by atoms with Crippen molar-refractivity contribution in [3.8, 4) is 12.1 Å². The fourth-order valence-electron chi connectivity index (χ4n) is 6.27. The second-order valence-electron chi connectivity index (χ2n) is 11.1. The number of amides is 2. The fraction of sp³-hybridized carbons (Fsp3) is 0.433. The highest BCUT2D eigenvalue weighted by Crippen LogP contribution is 2.35. The van der Waals surface area contributed by atoms with Crippen molar-refractivity contribution in [1.29, 1.82) is 5.26 Å². The topological polar surface area (TPSA) is 126 Å². The number of hydrogen-bond acceptors (Lipinski definition) is 8.